The summed E-state index contributed by atoms with van der Waals surface area (Å²) in [7, 11) is 0. The van der Waals surface area contributed by atoms with Gasteiger partial charge in [-0.25, -0.2) is 4.68 Å². The Bertz CT molecular complexity index is 747. The van der Waals surface area contributed by atoms with Crippen molar-refractivity contribution >= 4 is 16.6 Å². The molecule has 2 N–H and O–H groups in total. The largest absolute Gasteiger partial charge is 0.386 e. The van der Waals surface area contributed by atoms with Gasteiger partial charge >= 0.3 is 0 Å². The van der Waals surface area contributed by atoms with Crippen LogP contribution in [0.4, 0.5) is 0 Å². The fourth-order valence-electron chi connectivity index (χ4n) is 2.81. The van der Waals surface area contributed by atoms with Crippen molar-refractivity contribution in [3.63, 3.8) is 0 Å². The Morgan fingerprint density at radius 1 is 1.33 bits per heavy atom. The summed E-state index contributed by atoms with van der Waals surface area (Å²) in [6.45, 7) is 7.74. The molecule has 2 heterocycles. The molecule has 110 valence electrons. The van der Waals surface area contributed by atoms with Gasteiger partial charge in [0.2, 0.25) is 0 Å². The number of dihydropyridines is 1. The van der Waals surface area contributed by atoms with Crippen LogP contribution in [0.15, 0.2) is 42.2 Å². The number of nitrogens with one attached hydrogen (secondary N) is 1. The van der Waals surface area contributed by atoms with Gasteiger partial charge in [0.25, 0.3) is 0 Å². The van der Waals surface area contributed by atoms with E-state index in [-0.39, 0.29) is 6.04 Å². The average Bonchev–Trinajstić information content (AvgIpc) is 2.81. The molecule has 0 spiro atoms. The van der Waals surface area contributed by atoms with E-state index in [2.05, 4.69) is 35.5 Å². The van der Waals surface area contributed by atoms with E-state index >= 15 is 0 Å². The zero-order valence-corrected chi connectivity index (χ0v) is 12.9. The number of aromatic nitrogens is 2. The summed E-state index contributed by atoms with van der Waals surface area (Å²) in [5, 5.41) is 19.2. The van der Waals surface area contributed by atoms with Gasteiger partial charge in [0.15, 0.2) is 0 Å². The molecule has 2 aromatic rings. The van der Waals surface area contributed by atoms with Crippen LogP contribution in [0, 0.1) is 6.92 Å². The second-order valence-electron chi connectivity index (χ2n) is 6.23. The number of allylic oxidation sites excluding steroid dienone is 2. The minimum absolute atomic E-state index is 0.109. The molecule has 1 atom stereocenters. The molecule has 1 aromatic carbocycles. The lowest BCUT2D eigenvalue weighted by Crippen LogP contribution is -2.37. The molecule has 0 saturated carbocycles. The highest BCUT2D eigenvalue weighted by Gasteiger charge is 2.27. The number of hydrogen-bond donors (Lipinski definition) is 2. The van der Waals surface area contributed by atoms with Crippen LogP contribution in [0.5, 0.6) is 0 Å². The highest BCUT2D eigenvalue weighted by molar-refractivity contribution is 5.83. The number of hydrogen-bond acceptors (Lipinski definition) is 3. The number of aliphatic hydroxyl groups is 1. The first-order valence-electron chi connectivity index (χ1n) is 7.22. The molecule has 0 bridgehead atoms. The van der Waals surface area contributed by atoms with E-state index in [0.717, 1.165) is 22.2 Å². The lowest BCUT2D eigenvalue weighted by atomic mass is 9.90. The third-order valence-electron chi connectivity index (χ3n) is 3.93. The van der Waals surface area contributed by atoms with Crippen molar-refractivity contribution in [2.24, 2.45) is 0 Å². The summed E-state index contributed by atoms with van der Waals surface area (Å²) >= 11 is 0. The molecule has 1 aliphatic rings. The van der Waals surface area contributed by atoms with Crippen molar-refractivity contribution in [1.82, 2.24) is 15.1 Å². The van der Waals surface area contributed by atoms with E-state index in [4.69, 9.17) is 0 Å². The Hall–Kier alpha value is -2.07. The van der Waals surface area contributed by atoms with Gasteiger partial charge in [-0.15, -0.1) is 0 Å². The van der Waals surface area contributed by atoms with Gasteiger partial charge in [-0.2, -0.15) is 5.10 Å². The fourth-order valence-corrected chi connectivity index (χ4v) is 2.81. The maximum absolute atomic E-state index is 10.3. The average molecular weight is 283 g/mol. The normalized spacial score (nSPS) is 19.2. The molecule has 1 unspecified atom stereocenters. The van der Waals surface area contributed by atoms with E-state index in [1.54, 1.807) is 0 Å². The smallest absolute Gasteiger partial charge is 0.0824 e. The third kappa shape index (κ3) is 2.47. The van der Waals surface area contributed by atoms with Crippen LogP contribution in [0.3, 0.4) is 0 Å². The lowest BCUT2D eigenvalue weighted by molar-refractivity contribution is 0.112. The van der Waals surface area contributed by atoms with E-state index in [0.29, 0.717) is 0 Å². The van der Waals surface area contributed by atoms with Crippen molar-refractivity contribution in [1.29, 1.82) is 0 Å². The SMILES string of the molecule is Cc1ccc2c(cnn2C2=CNC(C)C(C(C)(C)O)=C2)c1. The van der Waals surface area contributed by atoms with Crippen molar-refractivity contribution in [3.05, 3.63) is 47.8 Å². The van der Waals surface area contributed by atoms with E-state index in [1.807, 2.05) is 43.9 Å². The maximum Gasteiger partial charge on any atom is 0.0824 e. The number of fused-ring (bicyclic) bond motifs is 1. The first-order valence-corrected chi connectivity index (χ1v) is 7.22. The Kier molecular flexibility index (Phi) is 3.14. The summed E-state index contributed by atoms with van der Waals surface area (Å²) in [4.78, 5) is 0. The number of nitrogens with zero attached hydrogens (tertiary/aromatic N) is 2. The quantitative estimate of drug-likeness (QED) is 0.891. The minimum atomic E-state index is -0.856. The van der Waals surface area contributed by atoms with Gasteiger partial charge in [0.05, 0.1) is 23.0 Å². The molecular weight excluding hydrogens is 262 g/mol. The molecule has 0 radical (unpaired) electrons. The van der Waals surface area contributed by atoms with Gasteiger partial charge in [0, 0.05) is 17.6 Å². The van der Waals surface area contributed by atoms with Gasteiger partial charge in [-0.3, -0.25) is 0 Å². The lowest BCUT2D eigenvalue weighted by Gasteiger charge is -2.30. The second kappa shape index (κ2) is 4.74. The van der Waals surface area contributed by atoms with Gasteiger partial charge < -0.3 is 10.4 Å². The first kappa shape index (κ1) is 13.9. The van der Waals surface area contributed by atoms with Crippen molar-refractivity contribution in [2.75, 3.05) is 0 Å². The van der Waals surface area contributed by atoms with Crippen LogP contribution in [-0.4, -0.2) is 26.5 Å². The second-order valence-corrected chi connectivity index (χ2v) is 6.23. The van der Waals surface area contributed by atoms with Crippen molar-refractivity contribution in [2.45, 2.75) is 39.3 Å². The topological polar surface area (TPSA) is 50.1 Å². The van der Waals surface area contributed by atoms with Crippen LogP contribution >= 0.6 is 0 Å². The van der Waals surface area contributed by atoms with Crippen LogP contribution < -0.4 is 5.32 Å². The summed E-state index contributed by atoms with van der Waals surface area (Å²) in [5.41, 5.74) is 3.32. The van der Waals surface area contributed by atoms with Crippen LogP contribution in [0.25, 0.3) is 16.6 Å². The van der Waals surface area contributed by atoms with Gasteiger partial charge in [0.1, 0.15) is 0 Å². The Balaban J connectivity index is 2.09. The Labute approximate surface area is 124 Å². The summed E-state index contributed by atoms with van der Waals surface area (Å²) in [6.07, 6.45) is 5.85. The summed E-state index contributed by atoms with van der Waals surface area (Å²) in [6, 6.07) is 6.39. The highest BCUT2D eigenvalue weighted by atomic mass is 16.3. The predicted molar refractivity (Wildman–Crippen MR) is 85.7 cm³/mol. The maximum atomic E-state index is 10.3. The number of benzene rings is 1. The monoisotopic (exact) mass is 283 g/mol. The highest BCUT2D eigenvalue weighted by Crippen LogP contribution is 2.27. The number of rotatable bonds is 2. The van der Waals surface area contributed by atoms with Gasteiger partial charge in [-0.1, -0.05) is 11.6 Å². The molecule has 4 heteroatoms. The van der Waals surface area contributed by atoms with Crippen molar-refractivity contribution in [3.8, 4) is 0 Å². The van der Waals surface area contributed by atoms with Crippen LogP contribution in [-0.2, 0) is 0 Å². The molecule has 1 aromatic heterocycles. The Morgan fingerprint density at radius 2 is 2.10 bits per heavy atom. The number of aryl methyl sites for hydroxylation is 1. The standard InChI is InChI=1S/C17H21N3O/c1-11-5-6-16-13(7-11)9-19-20(16)14-8-15(17(3,4)21)12(2)18-10-14/h5-10,12,18,21H,1-4H3. The molecule has 0 saturated heterocycles. The zero-order valence-electron chi connectivity index (χ0n) is 12.9. The van der Waals surface area contributed by atoms with Crippen LogP contribution in [0.1, 0.15) is 26.3 Å². The molecule has 4 nitrogen and oxygen atoms in total. The molecule has 1 aliphatic heterocycles. The van der Waals surface area contributed by atoms with E-state index in [9.17, 15) is 5.11 Å². The van der Waals surface area contributed by atoms with E-state index < -0.39 is 5.60 Å². The molecule has 21 heavy (non-hydrogen) atoms. The van der Waals surface area contributed by atoms with Gasteiger partial charge in [-0.05, 0) is 51.5 Å². The van der Waals surface area contributed by atoms with Crippen LogP contribution in [0.2, 0.25) is 0 Å². The van der Waals surface area contributed by atoms with Crippen molar-refractivity contribution < 1.29 is 5.11 Å². The third-order valence-corrected chi connectivity index (χ3v) is 3.93. The fraction of sp³-hybridized carbons (Fsp3) is 0.353. The molecule has 0 aliphatic carbocycles. The zero-order chi connectivity index (χ0) is 15.2. The molecule has 0 fully saturated rings. The Morgan fingerprint density at radius 3 is 2.81 bits per heavy atom. The summed E-state index contributed by atoms with van der Waals surface area (Å²) in [5.74, 6) is 0. The molecule has 3 rings (SSSR count). The summed E-state index contributed by atoms with van der Waals surface area (Å²) < 4.78 is 1.90. The molecule has 0 amide bonds. The minimum Gasteiger partial charge on any atom is -0.386 e. The predicted octanol–water partition coefficient (Wildman–Crippen LogP) is 2.83. The first-order chi connectivity index (χ1) is 9.86. The van der Waals surface area contributed by atoms with E-state index in [1.165, 1.54) is 5.56 Å². The molecular formula is C17H21N3O.